The van der Waals surface area contributed by atoms with Crippen LogP contribution in [0.25, 0.3) is 0 Å². The van der Waals surface area contributed by atoms with Gasteiger partial charge in [0.2, 0.25) is 0 Å². The molecule has 1 rings (SSSR count). The zero-order valence-corrected chi connectivity index (χ0v) is 15.6. The molecule has 0 fully saturated rings. The Labute approximate surface area is 135 Å². The average Bonchev–Trinajstić information content (AvgIpc) is 2.38. The van der Waals surface area contributed by atoms with Crippen molar-refractivity contribution in [2.24, 2.45) is 0 Å². The van der Waals surface area contributed by atoms with E-state index in [0.29, 0.717) is 27.2 Å². The molecule has 0 aliphatic rings. The highest BCUT2D eigenvalue weighted by atomic mass is 35.5. The van der Waals surface area contributed by atoms with Crippen molar-refractivity contribution in [1.82, 2.24) is 0 Å². The van der Waals surface area contributed by atoms with Crippen molar-refractivity contribution in [3.05, 3.63) is 34.3 Å². The van der Waals surface area contributed by atoms with Gasteiger partial charge in [0.1, 0.15) is 8.07 Å². The van der Waals surface area contributed by atoms with Crippen molar-refractivity contribution in [2.45, 2.75) is 58.2 Å². The van der Waals surface area contributed by atoms with E-state index in [-0.39, 0.29) is 0 Å². The smallest absolute Gasteiger partial charge is 0.151 e. The predicted molar refractivity (Wildman–Crippen MR) is 94.8 cm³/mol. The van der Waals surface area contributed by atoms with Crippen LogP contribution in [0.3, 0.4) is 0 Å². The van der Waals surface area contributed by atoms with Gasteiger partial charge < -0.3 is 0 Å². The number of rotatable bonds is 4. The average molecular weight is 321 g/mol. The largest absolute Gasteiger partial charge is 0.298 e. The molecular weight excluding hydrogens is 296 g/mol. The molecule has 1 aromatic carbocycles. The zero-order chi connectivity index (χ0) is 16.2. The van der Waals surface area contributed by atoms with E-state index in [9.17, 15) is 4.79 Å². The van der Waals surface area contributed by atoms with Gasteiger partial charge in [-0.15, -0.1) is 5.54 Å². The van der Waals surface area contributed by atoms with Crippen LogP contribution in [0, 0.1) is 11.5 Å². The molecule has 0 spiro atoms. The first kappa shape index (κ1) is 18.0. The van der Waals surface area contributed by atoms with Crippen molar-refractivity contribution >= 4 is 26.0 Å². The van der Waals surface area contributed by atoms with Crippen LogP contribution >= 0.6 is 11.6 Å². The summed E-state index contributed by atoms with van der Waals surface area (Å²) in [6.45, 7) is 13.8. The Morgan fingerprint density at radius 3 is 1.95 bits per heavy atom. The summed E-state index contributed by atoms with van der Waals surface area (Å²) in [5.41, 5.74) is 6.88. The van der Waals surface area contributed by atoms with Crippen LogP contribution in [0.1, 0.15) is 57.5 Å². The lowest BCUT2D eigenvalue weighted by Crippen LogP contribution is -2.43. The number of halogens is 1. The number of aldehydes is 1. The molecular formula is C18H25ClOSi. The van der Waals surface area contributed by atoms with Gasteiger partial charge in [0, 0.05) is 11.1 Å². The fraction of sp³-hybridized carbons (Fsp3) is 0.500. The highest BCUT2D eigenvalue weighted by Crippen LogP contribution is 2.40. The third-order valence-electron chi connectivity index (χ3n) is 4.42. The van der Waals surface area contributed by atoms with Crippen LogP contribution in [0.5, 0.6) is 0 Å². The lowest BCUT2D eigenvalue weighted by molar-refractivity contribution is 0.112. The van der Waals surface area contributed by atoms with Gasteiger partial charge in [-0.05, 0) is 34.8 Å². The predicted octanol–water partition coefficient (Wildman–Crippen LogP) is 5.72. The third kappa shape index (κ3) is 3.78. The standard InChI is InChI=1S/C18H25ClOSi/c1-13(2)21(14(3)4,15(5)6)10-9-16-7-8-17(12-20)18(19)11-16/h7-8,11-15H,1-6H3. The molecule has 0 bridgehead atoms. The van der Waals surface area contributed by atoms with Crippen molar-refractivity contribution in [2.75, 3.05) is 0 Å². The summed E-state index contributed by atoms with van der Waals surface area (Å²) < 4.78 is 0. The molecule has 0 aliphatic heterocycles. The minimum absolute atomic E-state index is 0.475. The molecule has 0 amide bonds. The van der Waals surface area contributed by atoms with E-state index in [4.69, 9.17) is 11.6 Å². The summed E-state index contributed by atoms with van der Waals surface area (Å²) in [5.74, 6) is 3.33. The van der Waals surface area contributed by atoms with Gasteiger partial charge in [-0.1, -0.05) is 59.1 Å². The maximum atomic E-state index is 10.8. The molecule has 0 atom stereocenters. The first-order valence-corrected chi connectivity index (χ1v) is 10.1. The summed E-state index contributed by atoms with van der Waals surface area (Å²) in [4.78, 5) is 10.8. The van der Waals surface area contributed by atoms with Crippen LogP contribution in [0.4, 0.5) is 0 Å². The highest BCUT2D eigenvalue weighted by molar-refractivity contribution is 6.90. The van der Waals surface area contributed by atoms with Gasteiger partial charge in [-0.2, -0.15) is 0 Å². The Balaban J connectivity index is 3.28. The SMILES string of the molecule is CC(C)[Si](C#Cc1ccc(C=O)c(Cl)c1)(C(C)C)C(C)C. The third-order valence-corrected chi connectivity index (χ3v) is 11.0. The zero-order valence-electron chi connectivity index (χ0n) is 13.8. The normalized spacial score (nSPS) is 11.7. The minimum Gasteiger partial charge on any atom is -0.298 e. The number of carbonyl (C=O) groups excluding carboxylic acids is 1. The van der Waals surface area contributed by atoms with Crippen molar-refractivity contribution in [1.29, 1.82) is 0 Å². The van der Waals surface area contributed by atoms with Crippen molar-refractivity contribution < 1.29 is 4.79 Å². The summed E-state index contributed by atoms with van der Waals surface area (Å²) in [6.07, 6.45) is 0.773. The van der Waals surface area contributed by atoms with Gasteiger partial charge in [-0.3, -0.25) is 4.79 Å². The molecule has 1 aromatic rings. The molecule has 0 unspecified atom stereocenters. The fourth-order valence-electron chi connectivity index (χ4n) is 3.31. The van der Waals surface area contributed by atoms with Crippen LogP contribution in [-0.4, -0.2) is 14.4 Å². The van der Waals surface area contributed by atoms with Gasteiger partial charge in [0.25, 0.3) is 0 Å². The quantitative estimate of drug-likeness (QED) is 0.394. The molecule has 0 saturated carbocycles. The van der Waals surface area contributed by atoms with E-state index in [1.165, 1.54) is 0 Å². The first-order valence-electron chi connectivity index (χ1n) is 7.53. The summed E-state index contributed by atoms with van der Waals surface area (Å²) in [7, 11) is -1.72. The molecule has 0 aromatic heterocycles. The Bertz CT molecular complexity index is 543. The van der Waals surface area contributed by atoms with E-state index in [1.807, 2.05) is 6.07 Å². The number of hydrogen-bond donors (Lipinski definition) is 0. The number of carbonyl (C=O) groups is 1. The number of hydrogen-bond acceptors (Lipinski definition) is 1. The topological polar surface area (TPSA) is 17.1 Å². The number of benzene rings is 1. The fourth-order valence-corrected chi connectivity index (χ4v) is 8.77. The van der Waals surface area contributed by atoms with Gasteiger partial charge in [0.15, 0.2) is 6.29 Å². The van der Waals surface area contributed by atoms with Gasteiger partial charge in [0.05, 0.1) is 5.02 Å². The maximum Gasteiger partial charge on any atom is 0.151 e. The molecule has 0 saturated heterocycles. The van der Waals surface area contributed by atoms with E-state index in [2.05, 4.69) is 53.0 Å². The Kier molecular flexibility index (Phi) is 6.25. The first-order chi connectivity index (χ1) is 9.75. The Morgan fingerprint density at radius 2 is 1.57 bits per heavy atom. The van der Waals surface area contributed by atoms with Gasteiger partial charge in [-0.25, -0.2) is 0 Å². The molecule has 1 nitrogen and oxygen atoms in total. The van der Waals surface area contributed by atoms with Crippen LogP contribution in [-0.2, 0) is 0 Å². The molecule has 114 valence electrons. The summed E-state index contributed by atoms with van der Waals surface area (Å²) >= 11 is 6.08. The van der Waals surface area contributed by atoms with Crippen LogP contribution < -0.4 is 0 Å². The summed E-state index contributed by atoms with van der Waals surface area (Å²) in [6, 6.07) is 5.41. The minimum atomic E-state index is -1.72. The molecule has 0 aliphatic carbocycles. The van der Waals surface area contributed by atoms with Crippen molar-refractivity contribution in [3.63, 3.8) is 0 Å². The van der Waals surface area contributed by atoms with E-state index in [1.54, 1.807) is 12.1 Å². The van der Waals surface area contributed by atoms with E-state index in [0.717, 1.165) is 11.8 Å². The Hall–Kier alpha value is -1.04. The summed E-state index contributed by atoms with van der Waals surface area (Å²) in [5, 5.41) is 0.475. The second kappa shape index (κ2) is 7.29. The van der Waals surface area contributed by atoms with Crippen LogP contribution in [0.2, 0.25) is 21.6 Å². The lowest BCUT2D eigenvalue weighted by atomic mass is 10.1. The maximum absolute atomic E-state index is 10.8. The molecule has 0 N–H and O–H groups in total. The van der Waals surface area contributed by atoms with E-state index >= 15 is 0 Å². The lowest BCUT2D eigenvalue weighted by Gasteiger charge is -2.38. The van der Waals surface area contributed by atoms with E-state index < -0.39 is 8.07 Å². The van der Waals surface area contributed by atoms with Crippen molar-refractivity contribution in [3.8, 4) is 11.5 Å². The van der Waals surface area contributed by atoms with Gasteiger partial charge >= 0.3 is 0 Å². The van der Waals surface area contributed by atoms with Crippen LogP contribution in [0.15, 0.2) is 18.2 Å². The molecule has 3 heteroatoms. The molecule has 0 heterocycles. The Morgan fingerprint density at radius 1 is 1.05 bits per heavy atom. The second-order valence-corrected chi connectivity index (χ2v) is 12.5. The molecule has 0 radical (unpaired) electrons. The monoisotopic (exact) mass is 320 g/mol. The molecule has 21 heavy (non-hydrogen) atoms. The highest BCUT2D eigenvalue weighted by Gasteiger charge is 2.41. The second-order valence-electron chi connectivity index (χ2n) is 6.50.